The highest BCUT2D eigenvalue weighted by atomic mass is 15.2. The summed E-state index contributed by atoms with van der Waals surface area (Å²) in [7, 11) is 0. The molecule has 2 heteroatoms. The Labute approximate surface area is 131 Å². The van der Waals surface area contributed by atoms with Crippen molar-refractivity contribution >= 4 is 0 Å². The van der Waals surface area contributed by atoms with Crippen molar-refractivity contribution in [1.29, 1.82) is 5.26 Å². The number of nitrogens with zero attached hydrogens (tertiary/aromatic N) is 2. The van der Waals surface area contributed by atoms with Gasteiger partial charge in [-0.1, -0.05) is 39.5 Å². The number of hydrogen-bond acceptors (Lipinski definition) is 2. The quantitative estimate of drug-likeness (QED) is 0.712. The minimum absolute atomic E-state index is 0.292. The highest BCUT2D eigenvalue weighted by molar-refractivity contribution is 4.98. The number of hydrogen-bond donors (Lipinski definition) is 0. The maximum Gasteiger partial charge on any atom is 0.0672 e. The Morgan fingerprint density at radius 1 is 0.952 bits per heavy atom. The molecule has 1 saturated carbocycles. The Bertz CT molecular complexity index is 333. The van der Waals surface area contributed by atoms with E-state index in [2.05, 4.69) is 24.8 Å². The third-order valence-corrected chi connectivity index (χ3v) is 5.84. The van der Waals surface area contributed by atoms with Crippen molar-refractivity contribution in [2.75, 3.05) is 13.1 Å². The van der Waals surface area contributed by atoms with Gasteiger partial charge in [0.1, 0.15) is 0 Å². The van der Waals surface area contributed by atoms with Gasteiger partial charge in [0.15, 0.2) is 0 Å². The highest BCUT2D eigenvalue weighted by Crippen LogP contribution is 2.36. The van der Waals surface area contributed by atoms with Gasteiger partial charge >= 0.3 is 0 Å². The van der Waals surface area contributed by atoms with Crippen molar-refractivity contribution < 1.29 is 0 Å². The van der Waals surface area contributed by atoms with E-state index in [4.69, 9.17) is 0 Å². The molecule has 1 heterocycles. The summed E-state index contributed by atoms with van der Waals surface area (Å²) < 4.78 is 0. The van der Waals surface area contributed by atoms with Crippen molar-refractivity contribution in [3.05, 3.63) is 0 Å². The average Bonchev–Trinajstić information content (AvgIpc) is 2.73. The maximum atomic E-state index is 9.54. The summed E-state index contributed by atoms with van der Waals surface area (Å²) >= 11 is 0. The van der Waals surface area contributed by atoms with Crippen LogP contribution in [0.25, 0.3) is 0 Å². The molecule has 0 amide bonds. The van der Waals surface area contributed by atoms with Crippen LogP contribution in [0.15, 0.2) is 0 Å². The van der Waals surface area contributed by atoms with Crippen LogP contribution < -0.4 is 0 Å². The van der Waals surface area contributed by atoms with E-state index in [0.717, 1.165) is 18.3 Å². The zero-order chi connectivity index (χ0) is 15.1. The lowest BCUT2D eigenvalue weighted by Crippen LogP contribution is -2.44. The van der Waals surface area contributed by atoms with Gasteiger partial charge in [0, 0.05) is 6.04 Å². The fourth-order valence-corrected chi connectivity index (χ4v) is 4.67. The first kappa shape index (κ1) is 16.8. The minimum atomic E-state index is 0.292. The molecule has 21 heavy (non-hydrogen) atoms. The van der Waals surface area contributed by atoms with E-state index >= 15 is 0 Å². The smallest absolute Gasteiger partial charge is 0.0672 e. The van der Waals surface area contributed by atoms with E-state index in [0.29, 0.717) is 12.0 Å². The third-order valence-electron chi connectivity index (χ3n) is 5.84. The van der Waals surface area contributed by atoms with Gasteiger partial charge in [-0.15, -0.1) is 0 Å². The molecule has 120 valence electrons. The molecule has 1 saturated heterocycles. The van der Waals surface area contributed by atoms with Crippen LogP contribution in [0.4, 0.5) is 0 Å². The lowest BCUT2D eigenvalue weighted by Gasteiger charge is -2.40. The third kappa shape index (κ3) is 4.71. The van der Waals surface area contributed by atoms with Gasteiger partial charge in [-0.2, -0.15) is 5.26 Å². The van der Waals surface area contributed by atoms with Crippen LogP contribution in [-0.2, 0) is 0 Å². The molecule has 4 atom stereocenters. The molecule has 0 aromatic carbocycles. The monoisotopic (exact) mass is 290 g/mol. The maximum absolute atomic E-state index is 9.54. The molecule has 2 aliphatic rings. The molecule has 2 rings (SSSR count). The van der Waals surface area contributed by atoms with Crippen molar-refractivity contribution in [2.45, 2.75) is 84.1 Å². The van der Waals surface area contributed by atoms with Crippen LogP contribution in [-0.4, -0.2) is 24.0 Å². The van der Waals surface area contributed by atoms with E-state index < -0.39 is 0 Å². The Morgan fingerprint density at radius 3 is 2.43 bits per heavy atom. The van der Waals surface area contributed by atoms with Gasteiger partial charge < -0.3 is 0 Å². The average molecular weight is 290 g/mol. The van der Waals surface area contributed by atoms with Gasteiger partial charge in [-0.05, 0) is 63.5 Å². The summed E-state index contributed by atoms with van der Waals surface area (Å²) in [6.07, 6.45) is 13.2. The van der Waals surface area contributed by atoms with Crippen LogP contribution >= 0.6 is 0 Å². The van der Waals surface area contributed by atoms with Gasteiger partial charge in [0.25, 0.3) is 0 Å². The molecule has 2 nitrogen and oxygen atoms in total. The van der Waals surface area contributed by atoms with Gasteiger partial charge in [0.05, 0.1) is 12.0 Å². The van der Waals surface area contributed by atoms with Crippen molar-refractivity contribution in [3.8, 4) is 6.07 Å². The number of nitriles is 1. The molecule has 4 unspecified atom stereocenters. The van der Waals surface area contributed by atoms with E-state index in [9.17, 15) is 5.26 Å². The lowest BCUT2D eigenvalue weighted by molar-refractivity contribution is 0.0998. The molecule has 0 radical (unpaired) electrons. The first-order valence-corrected chi connectivity index (χ1v) is 9.42. The van der Waals surface area contributed by atoms with Crippen LogP contribution in [0.2, 0.25) is 0 Å². The number of likely N-dealkylation sites (tertiary alicyclic amines) is 1. The molecule has 0 aromatic heterocycles. The Balaban J connectivity index is 1.94. The van der Waals surface area contributed by atoms with Gasteiger partial charge in [0.2, 0.25) is 0 Å². The summed E-state index contributed by atoms with van der Waals surface area (Å²) in [6, 6.07) is 3.19. The molecule has 0 N–H and O–H groups in total. The van der Waals surface area contributed by atoms with Crippen LogP contribution in [0.3, 0.4) is 0 Å². The molecular weight excluding hydrogens is 256 g/mol. The molecule has 0 aromatic rings. The van der Waals surface area contributed by atoms with E-state index in [-0.39, 0.29) is 0 Å². The van der Waals surface area contributed by atoms with Crippen LogP contribution in [0.5, 0.6) is 0 Å². The second-order valence-corrected chi connectivity index (χ2v) is 7.39. The van der Waals surface area contributed by atoms with Crippen LogP contribution in [0.1, 0.15) is 78.1 Å². The second kappa shape index (κ2) is 8.79. The Hall–Kier alpha value is -0.550. The predicted molar refractivity (Wildman–Crippen MR) is 89.0 cm³/mol. The summed E-state index contributed by atoms with van der Waals surface area (Å²) in [5, 5.41) is 9.54. The Kier molecular flexibility index (Phi) is 7.04. The van der Waals surface area contributed by atoms with Crippen molar-refractivity contribution in [3.63, 3.8) is 0 Å². The molecular formula is C19H34N2. The zero-order valence-corrected chi connectivity index (χ0v) is 14.2. The number of rotatable bonds is 5. The fraction of sp³-hybridized carbons (Fsp3) is 0.947. The molecule has 2 fully saturated rings. The first-order chi connectivity index (χ1) is 10.3. The lowest BCUT2D eigenvalue weighted by atomic mass is 9.76. The van der Waals surface area contributed by atoms with E-state index in [1.54, 1.807) is 0 Å². The zero-order valence-electron chi connectivity index (χ0n) is 14.2. The van der Waals surface area contributed by atoms with Gasteiger partial charge in [-0.25, -0.2) is 0 Å². The summed E-state index contributed by atoms with van der Waals surface area (Å²) in [5.74, 6) is 2.11. The summed E-state index contributed by atoms with van der Waals surface area (Å²) in [4.78, 5) is 2.70. The Morgan fingerprint density at radius 2 is 1.71 bits per heavy atom. The van der Waals surface area contributed by atoms with E-state index in [1.165, 1.54) is 70.9 Å². The summed E-state index contributed by atoms with van der Waals surface area (Å²) in [6.45, 7) is 7.09. The fourth-order valence-electron chi connectivity index (χ4n) is 4.67. The second-order valence-electron chi connectivity index (χ2n) is 7.39. The first-order valence-electron chi connectivity index (χ1n) is 9.42. The van der Waals surface area contributed by atoms with Gasteiger partial charge in [-0.3, -0.25) is 4.90 Å². The normalized spacial score (nSPS) is 35.1. The summed E-state index contributed by atoms with van der Waals surface area (Å²) in [5.41, 5.74) is 0. The SMILES string of the molecule is CCCC1CCCN(C2CC(CCC)CCC2C#N)CC1. The molecule has 1 aliphatic carbocycles. The predicted octanol–water partition coefficient (Wildman–Crippen LogP) is 5.00. The molecule has 1 aliphatic heterocycles. The largest absolute Gasteiger partial charge is 0.299 e. The molecule has 0 spiro atoms. The minimum Gasteiger partial charge on any atom is -0.299 e. The van der Waals surface area contributed by atoms with Crippen LogP contribution in [0, 0.1) is 29.1 Å². The standard InChI is InChI=1S/C19H34N2/c1-3-6-16-8-5-12-21(13-11-16)19-14-17(7-4-2)9-10-18(19)15-20/h16-19H,3-14H2,1-2H3. The van der Waals surface area contributed by atoms with Crippen molar-refractivity contribution in [2.24, 2.45) is 17.8 Å². The topological polar surface area (TPSA) is 27.0 Å². The molecule has 0 bridgehead atoms. The van der Waals surface area contributed by atoms with Crippen molar-refractivity contribution in [1.82, 2.24) is 4.90 Å². The van der Waals surface area contributed by atoms with E-state index in [1.807, 2.05) is 0 Å². The highest BCUT2D eigenvalue weighted by Gasteiger charge is 2.34.